The van der Waals surface area contributed by atoms with E-state index < -0.39 is 10.0 Å². The Hall–Kier alpha value is -1.16. The number of sulfonamides is 1. The number of nitrogen functional groups attached to an aromatic ring is 1. The number of hydrogen-bond acceptors (Lipinski definition) is 4. The van der Waals surface area contributed by atoms with Crippen LogP contribution in [0.2, 0.25) is 0 Å². The Morgan fingerprint density at radius 3 is 2.83 bits per heavy atom. The number of nitrogens with two attached hydrogens (primary N) is 1. The maximum Gasteiger partial charge on any atom is 0.242 e. The van der Waals surface area contributed by atoms with Gasteiger partial charge in [0.2, 0.25) is 10.0 Å². The van der Waals surface area contributed by atoms with E-state index in [2.05, 4.69) is 10.6 Å². The van der Waals surface area contributed by atoms with Crippen molar-refractivity contribution < 1.29 is 8.42 Å². The number of benzene rings is 1. The Kier molecular flexibility index (Phi) is 5.54. The van der Waals surface area contributed by atoms with Gasteiger partial charge >= 0.3 is 0 Å². The molecule has 1 rings (SSSR count). The summed E-state index contributed by atoms with van der Waals surface area (Å²) in [4.78, 5) is 0.159. The highest BCUT2D eigenvalue weighted by atomic mass is 32.2. The zero-order chi connectivity index (χ0) is 13.6. The van der Waals surface area contributed by atoms with E-state index in [9.17, 15) is 8.42 Å². The molecule has 4 nitrogen and oxygen atoms in total. The lowest BCUT2D eigenvalue weighted by Gasteiger charge is -2.11. The number of hydrogen-bond donors (Lipinski definition) is 2. The summed E-state index contributed by atoms with van der Waals surface area (Å²) in [6.07, 6.45) is 5.10. The lowest BCUT2D eigenvalue weighted by molar-refractivity contribution is 0.584. The summed E-state index contributed by atoms with van der Waals surface area (Å²) < 4.78 is 26.7. The van der Waals surface area contributed by atoms with Gasteiger partial charge in [0, 0.05) is 12.3 Å². The predicted octanol–water partition coefficient (Wildman–Crippen LogP) is 1.22. The molecule has 0 saturated heterocycles. The van der Waals surface area contributed by atoms with Crippen molar-refractivity contribution in [3.63, 3.8) is 0 Å². The van der Waals surface area contributed by atoms with E-state index in [4.69, 9.17) is 12.2 Å². The number of thioether (sulfide) groups is 1. The number of rotatable bonds is 6. The number of aryl methyl sites for hydroxylation is 1. The van der Waals surface area contributed by atoms with E-state index in [1.165, 1.54) is 11.8 Å². The zero-order valence-electron chi connectivity index (χ0n) is 10.1. The molecule has 0 bridgehead atoms. The number of anilines is 1. The summed E-state index contributed by atoms with van der Waals surface area (Å²) in [7, 11) is -3.55. The SMILES string of the molecule is C#CCSCCNS(=O)(=O)c1c(C)cccc1N. The summed E-state index contributed by atoms with van der Waals surface area (Å²) in [6.45, 7) is 2.06. The largest absolute Gasteiger partial charge is 0.398 e. The third-order valence-corrected chi connectivity index (χ3v) is 4.78. The van der Waals surface area contributed by atoms with Crippen LogP contribution in [0.3, 0.4) is 0 Å². The predicted molar refractivity (Wildman–Crippen MR) is 76.9 cm³/mol. The molecule has 0 unspecified atom stereocenters. The summed E-state index contributed by atoms with van der Waals surface area (Å²) >= 11 is 1.50. The van der Waals surface area contributed by atoms with E-state index in [-0.39, 0.29) is 10.6 Å². The molecule has 0 aliphatic carbocycles. The van der Waals surface area contributed by atoms with Gasteiger partial charge in [0.25, 0.3) is 0 Å². The molecule has 0 spiro atoms. The molecule has 0 aromatic heterocycles. The van der Waals surface area contributed by atoms with Crippen LogP contribution in [0.5, 0.6) is 0 Å². The lowest BCUT2D eigenvalue weighted by atomic mass is 10.2. The second kappa shape index (κ2) is 6.69. The van der Waals surface area contributed by atoms with E-state index in [1.54, 1.807) is 25.1 Å². The van der Waals surface area contributed by atoms with Crippen LogP contribution < -0.4 is 10.5 Å². The second-order valence-corrected chi connectivity index (χ2v) is 6.46. The maximum atomic E-state index is 12.1. The molecule has 98 valence electrons. The third kappa shape index (κ3) is 3.95. The molecule has 0 radical (unpaired) electrons. The standard InChI is InChI=1S/C12H16N2O2S2/c1-3-8-17-9-7-14-18(15,16)12-10(2)5-4-6-11(12)13/h1,4-6,14H,7-9,13H2,2H3. The van der Waals surface area contributed by atoms with Gasteiger partial charge in [0.1, 0.15) is 4.90 Å². The molecule has 0 atom stereocenters. The highest BCUT2D eigenvalue weighted by Gasteiger charge is 2.18. The van der Waals surface area contributed by atoms with Gasteiger partial charge in [-0.25, -0.2) is 13.1 Å². The Balaban J connectivity index is 2.73. The van der Waals surface area contributed by atoms with Gasteiger partial charge in [0.15, 0.2) is 0 Å². The molecule has 1 aromatic rings. The van der Waals surface area contributed by atoms with Gasteiger partial charge in [-0.2, -0.15) is 0 Å². The first-order valence-corrected chi connectivity index (χ1v) is 7.99. The van der Waals surface area contributed by atoms with Crippen molar-refractivity contribution in [1.29, 1.82) is 0 Å². The van der Waals surface area contributed by atoms with Crippen molar-refractivity contribution in [1.82, 2.24) is 4.72 Å². The van der Waals surface area contributed by atoms with Crippen LogP contribution in [0.15, 0.2) is 23.1 Å². The Morgan fingerprint density at radius 2 is 2.22 bits per heavy atom. The summed E-state index contributed by atoms with van der Waals surface area (Å²) in [5.41, 5.74) is 6.61. The average Bonchev–Trinajstić information content (AvgIpc) is 2.28. The van der Waals surface area contributed by atoms with Crippen molar-refractivity contribution in [2.24, 2.45) is 0 Å². The minimum absolute atomic E-state index is 0.159. The van der Waals surface area contributed by atoms with Gasteiger partial charge < -0.3 is 5.73 Å². The molecule has 0 heterocycles. The minimum atomic E-state index is -3.55. The van der Waals surface area contributed by atoms with E-state index in [0.717, 1.165) is 0 Å². The van der Waals surface area contributed by atoms with Crippen LogP contribution in [0, 0.1) is 19.3 Å². The lowest BCUT2D eigenvalue weighted by Crippen LogP contribution is -2.27. The molecule has 3 N–H and O–H groups in total. The van der Waals surface area contributed by atoms with Crippen LogP contribution in [0.4, 0.5) is 5.69 Å². The van der Waals surface area contributed by atoms with Crippen molar-refractivity contribution in [2.75, 3.05) is 23.8 Å². The van der Waals surface area contributed by atoms with Gasteiger partial charge in [-0.05, 0) is 18.6 Å². The monoisotopic (exact) mass is 284 g/mol. The molecule has 6 heteroatoms. The molecule has 0 aliphatic rings. The molecule has 18 heavy (non-hydrogen) atoms. The number of terminal acetylenes is 1. The van der Waals surface area contributed by atoms with E-state index in [1.807, 2.05) is 0 Å². The first-order valence-electron chi connectivity index (χ1n) is 5.35. The van der Waals surface area contributed by atoms with Crippen molar-refractivity contribution in [3.05, 3.63) is 23.8 Å². The molecule has 0 saturated carbocycles. The molecule has 0 aliphatic heterocycles. The quantitative estimate of drug-likeness (QED) is 0.468. The van der Waals surface area contributed by atoms with Crippen LogP contribution in [-0.4, -0.2) is 26.5 Å². The Morgan fingerprint density at radius 1 is 1.50 bits per heavy atom. The number of nitrogens with one attached hydrogen (secondary N) is 1. The smallest absolute Gasteiger partial charge is 0.242 e. The van der Waals surface area contributed by atoms with Crippen molar-refractivity contribution in [2.45, 2.75) is 11.8 Å². The molecule has 0 fully saturated rings. The normalized spacial score (nSPS) is 11.1. The Labute approximate surface area is 112 Å². The minimum Gasteiger partial charge on any atom is -0.398 e. The maximum absolute atomic E-state index is 12.1. The topological polar surface area (TPSA) is 72.2 Å². The Bertz CT molecular complexity index is 527. The van der Waals surface area contributed by atoms with Gasteiger partial charge in [-0.1, -0.05) is 18.1 Å². The van der Waals surface area contributed by atoms with Gasteiger partial charge in [0.05, 0.1) is 11.4 Å². The van der Waals surface area contributed by atoms with E-state index >= 15 is 0 Å². The summed E-state index contributed by atoms with van der Waals surface area (Å²) in [6, 6.07) is 5.03. The fourth-order valence-electron chi connectivity index (χ4n) is 1.49. The first kappa shape index (κ1) is 14.9. The van der Waals surface area contributed by atoms with Crippen LogP contribution in [0.25, 0.3) is 0 Å². The van der Waals surface area contributed by atoms with Crippen LogP contribution in [-0.2, 0) is 10.0 Å². The zero-order valence-corrected chi connectivity index (χ0v) is 11.8. The average molecular weight is 284 g/mol. The molecule has 1 aromatic carbocycles. The highest BCUT2D eigenvalue weighted by molar-refractivity contribution is 7.99. The van der Waals surface area contributed by atoms with Crippen LogP contribution in [0.1, 0.15) is 5.56 Å². The molecule has 0 amide bonds. The van der Waals surface area contributed by atoms with Crippen molar-refractivity contribution in [3.8, 4) is 12.3 Å². The fraction of sp³-hybridized carbons (Fsp3) is 0.333. The second-order valence-electron chi connectivity index (χ2n) is 3.65. The van der Waals surface area contributed by atoms with E-state index in [0.29, 0.717) is 23.6 Å². The summed E-state index contributed by atoms with van der Waals surface area (Å²) in [5.74, 6) is 3.69. The first-order chi connectivity index (χ1) is 8.49. The molecular formula is C12H16N2O2S2. The summed E-state index contributed by atoms with van der Waals surface area (Å²) in [5, 5.41) is 0. The van der Waals surface area contributed by atoms with Gasteiger partial charge in [-0.15, -0.1) is 18.2 Å². The highest BCUT2D eigenvalue weighted by Crippen LogP contribution is 2.21. The van der Waals surface area contributed by atoms with Crippen LogP contribution >= 0.6 is 11.8 Å². The van der Waals surface area contributed by atoms with Crippen molar-refractivity contribution >= 4 is 27.5 Å². The molecular weight excluding hydrogens is 268 g/mol. The third-order valence-electron chi connectivity index (χ3n) is 2.23. The van der Waals surface area contributed by atoms with Gasteiger partial charge in [-0.3, -0.25) is 0 Å². The fourth-order valence-corrected chi connectivity index (χ4v) is 3.52.